The zero-order valence-corrected chi connectivity index (χ0v) is 11.8. The minimum atomic E-state index is -0.614. The number of rotatable bonds is 9. The molecule has 0 aliphatic heterocycles. The van der Waals surface area contributed by atoms with Gasteiger partial charge in [0.25, 0.3) is 0 Å². The lowest BCUT2D eigenvalue weighted by Crippen LogP contribution is -2.41. The van der Waals surface area contributed by atoms with E-state index < -0.39 is 6.10 Å². The largest absolute Gasteiger partial charge is 0.388 e. The summed E-state index contributed by atoms with van der Waals surface area (Å²) in [5, 5.41) is 9.71. The fraction of sp³-hybridized carbons (Fsp3) is 0.600. The second-order valence-electron chi connectivity index (χ2n) is 5.18. The Labute approximate surface area is 115 Å². The lowest BCUT2D eigenvalue weighted by molar-refractivity contribution is -0.0319. The first kappa shape index (κ1) is 16.1. The second kappa shape index (κ2) is 8.27. The van der Waals surface area contributed by atoms with Crippen molar-refractivity contribution in [3.05, 3.63) is 35.9 Å². The SMILES string of the molecule is CCC(C)(N)COCC(O)COCc1ccccc1. The number of nitrogens with two attached hydrogens (primary N) is 1. The molecule has 1 aromatic carbocycles. The molecule has 0 aliphatic rings. The smallest absolute Gasteiger partial charge is 0.101 e. The average Bonchev–Trinajstić information content (AvgIpc) is 2.40. The maximum atomic E-state index is 9.71. The van der Waals surface area contributed by atoms with Gasteiger partial charge >= 0.3 is 0 Å². The first-order chi connectivity index (χ1) is 9.03. The van der Waals surface area contributed by atoms with E-state index in [-0.39, 0.29) is 18.8 Å². The third-order valence-electron chi connectivity index (χ3n) is 2.97. The van der Waals surface area contributed by atoms with E-state index in [1.54, 1.807) is 0 Å². The zero-order chi connectivity index (χ0) is 14.1. The molecule has 4 nitrogen and oxygen atoms in total. The summed E-state index contributed by atoms with van der Waals surface area (Å²) in [6, 6.07) is 9.87. The van der Waals surface area contributed by atoms with Crippen LogP contribution in [0.1, 0.15) is 25.8 Å². The van der Waals surface area contributed by atoms with Crippen molar-refractivity contribution in [3.8, 4) is 0 Å². The van der Waals surface area contributed by atoms with Crippen LogP contribution in [-0.2, 0) is 16.1 Å². The molecule has 4 heteroatoms. The van der Waals surface area contributed by atoms with Crippen LogP contribution in [0.3, 0.4) is 0 Å². The third kappa shape index (κ3) is 7.28. The Kier molecular flexibility index (Phi) is 7.02. The quantitative estimate of drug-likeness (QED) is 0.715. The Morgan fingerprint density at radius 3 is 2.47 bits per heavy atom. The van der Waals surface area contributed by atoms with Gasteiger partial charge in [-0.05, 0) is 18.9 Å². The Morgan fingerprint density at radius 1 is 1.21 bits per heavy atom. The molecular weight excluding hydrogens is 242 g/mol. The predicted octanol–water partition coefficient (Wildman–Crippen LogP) is 1.71. The van der Waals surface area contributed by atoms with E-state index in [0.717, 1.165) is 12.0 Å². The summed E-state index contributed by atoms with van der Waals surface area (Å²) in [6.45, 7) is 5.42. The van der Waals surface area contributed by atoms with Crippen LogP contribution in [0.15, 0.2) is 30.3 Å². The second-order valence-corrected chi connectivity index (χ2v) is 5.18. The molecule has 0 saturated heterocycles. The minimum absolute atomic E-state index is 0.252. The monoisotopic (exact) mass is 267 g/mol. The highest BCUT2D eigenvalue weighted by atomic mass is 16.5. The van der Waals surface area contributed by atoms with Crippen LogP contribution >= 0.6 is 0 Å². The van der Waals surface area contributed by atoms with E-state index in [0.29, 0.717) is 13.2 Å². The van der Waals surface area contributed by atoms with E-state index in [1.807, 2.05) is 44.2 Å². The standard InChI is InChI=1S/C15H25NO3/c1-3-15(2,16)12-19-11-14(17)10-18-9-13-7-5-4-6-8-13/h4-8,14,17H,3,9-12,16H2,1-2H3. The van der Waals surface area contributed by atoms with Gasteiger partial charge in [-0.3, -0.25) is 0 Å². The summed E-state index contributed by atoms with van der Waals surface area (Å²) in [6.07, 6.45) is 0.226. The van der Waals surface area contributed by atoms with Crippen molar-refractivity contribution in [2.75, 3.05) is 19.8 Å². The highest BCUT2D eigenvalue weighted by Gasteiger charge is 2.16. The molecule has 0 amide bonds. The Balaban J connectivity index is 2.10. The molecule has 19 heavy (non-hydrogen) atoms. The molecular formula is C15H25NO3. The van der Waals surface area contributed by atoms with Crippen molar-refractivity contribution in [2.45, 2.75) is 38.5 Å². The molecule has 0 heterocycles. The van der Waals surface area contributed by atoms with E-state index in [1.165, 1.54) is 0 Å². The van der Waals surface area contributed by atoms with Crippen molar-refractivity contribution in [1.82, 2.24) is 0 Å². The molecule has 0 bridgehead atoms. The first-order valence-electron chi connectivity index (χ1n) is 6.70. The number of hydrogen-bond donors (Lipinski definition) is 2. The zero-order valence-electron chi connectivity index (χ0n) is 11.8. The van der Waals surface area contributed by atoms with Crippen LogP contribution < -0.4 is 5.73 Å². The minimum Gasteiger partial charge on any atom is -0.388 e. The Morgan fingerprint density at radius 2 is 1.84 bits per heavy atom. The van der Waals surface area contributed by atoms with Gasteiger partial charge < -0.3 is 20.3 Å². The lowest BCUT2D eigenvalue weighted by atomic mass is 10.0. The van der Waals surface area contributed by atoms with Crippen molar-refractivity contribution in [2.24, 2.45) is 5.73 Å². The van der Waals surface area contributed by atoms with Crippen LogP contribution in [0.5, 0.6) is 0 Å². The van der Waals surface area contributed by atoms with Crippen molar-refractivity contribution < 1.29 is 14.6 Å². The van der Waals surface area contributed by atoms with Crippen LogP contribution in [0.2, 0.25) is 0 Å². The molecule has 108 valence electrons. The van der Waals surface area contributed by atoms with E-state index in [2.05, 4.69) is 0 Å². The summed E-state index contributed by atoms with van der Waals surface area (Å²) >= 11 is 0. The normalized spacial score (nSPS) is 16.0. The number of aliphatic hydroxyl groups excluding tert-OH is 1. The van der Waals surface area contributed by atoms with E-state index >= 15 is 0 Å². The molecule has 2 atom stereocenters. The van der Waals surface area contributed by atoms with Crippen LogP contribution in [0, 0.1) is 0 Å². The van der Waals surface area contributed by atoms with Gasteiger partial charge in [0.1, 0.15) is 6.10 Å². The lowest BCUT2D eigenvalue weighted by Gasteiger charge is -2.23. The number of aliphatic hydroxyl groups is 1. The van der Waals surface area contributed by atoms with Crippen molar-refractivity contribution in [1.29, 1.82) is 0 Å². The summed E-state index contributed by atoms with van der Waals surface area (Å²) < 4.78 is 10.8. The molecule has 0 aliphatic carbocycles. The van der Waals surface area contributed by atoms with Crippen LogP contribution in [0.25, 0.3) is 0 Å². The van der Waals surface area contributed by atoms with Gasteiger partial charge in [-0.1, -0.05) is 37.3 Å². The van der Waals surface area contributed by atoms with Gasteiger partial charge in [0.2, 0.25) is 0 Å². The van der Waals surface area contributed by atoms with Gasteiger partial charge in [-0.25, -0.2) is 0 Å². The Bertz CT molecular complexity index is 341. The predicted molar refractivity (Wildman–Crippen MR) is 75.8 cm³/mol. The van der Waals surface area contributed by atoms with Gasteiger partial charge in [0.05, 0.1) is 26.4 Å². The van der Waals surface area contributed by atoms with Crippen LogP contribution in [-0.4, -0.2) is 36.6 Å². The van der Waals surface area contributed by atoms with Gasteiger partial charge in [-0.2, -0.15) is 0 Å². The van der Waals surface area contributed by atoms with Crippen molar-refractivity contribution in [3.63, 3.8) is 0 Å². The summed E-state index contributed by atoms with van der Waals surface area (Å²) in [7, 11) is 0. The van der Waals surface area contributed by atoms with Gasteiger partial charge in [-0.15, -0.1) is 0 Å². The maximum Gasteiger partial charge on any atom is 0.101 e. The third-order valence-corrected chi connectivity index (χ3v) is 2.97. The number of ether oxygens (including phenoxy) is 2. The summed E-state index contributed by atoms with van der Waals surface area (Å²) in [4.78, 5) is 0. The fourth-order valence-corrected chi connectivity index (χ4v) is 1.47. The summed E-state index contributed by atoms with van der Waals surface area (Å²) in [5.74, 6) is 0. The number of hydrogen-bond acceptors (Lipinski definition) is 4. The van der Waals surface area contributed by atoms with Crippen LogP contribution in [0.4, 0.5) is 0 Å². The number of benzene rings is 1. The van der Waals surface area contributed by atoms with Gasteiger partial charge in [0, 0.05) is 5.54 Å². The molecule has 1 rings (SSSR count). The molecule has 0 aromatic heterocycles. The van der Waals surface area contributed by atoms with E-state index in [9.17, 15) is 5.11 Å². The first-order valence-corrected chi connectivity index (χ1v) is 6.70. The Hall–Kier alpha value is -0.940. The summed E-state index contributed by atoms with van der Waals surface area (Å²) in [5.41, 5.74) is 6.71. The molecule has 0 fully saturated rings. The highest BCUT2D eigenvalue weighted by Crippen LogP contribution is 2.05. The molecule has 0 radical (unpaired) electrons. The molecule has 0 spiro atoms. The fourth-order valence-electron chi connectivity index (χ4n) is 1.47. The molecule has 3 N–H and O–H groups in total. The van der Waals surface area contributed by atoms with E-state index in [4.69, 9.17) is 15.2 Å². The molecule has 2 unspecified atom stereocenters. The molecule has 0 saturated carbocycles. The van der Waals surface area contributed by atoms with Crippen molar-refractivity contribution >= 4 is 0 Å². The topological polar surface area (TPSA) is 64.7 Å². The average molecular weight is 267 g/mol. The van der Waals surface area contributed by atoms with Gasteiger partial charge in [0.15, 0.2) is 0 Å². The maximum absolute atomic E-state index is 9.71. The highest BCUT2D eigenvalue weighted by molar-refractivity contribution is 5.13. The molecule has 1 aromatic rings.